The molecule has 0 radical (unpaired) electrons. The highest BCUT2D eigenvalue weighted by Gasteiger charge is 2.25. The van der Waals surface area contributed by atoms with Gasteiger partial charge in [0.15, 0.2) is 0 Å². The van der Waals surface area contributed by atoms with Crippen LogP contribution >= 0.6 is 11.6 Å². The van der Waals surface area contributed by atoms with Crippen LogP contribution in [-0.4, -0.2) is 34.2 Å². The summed E-state index contributed by atoms with van der Waals surface area (Å²) in [7, 11) is 1.88. The third-order valence-electron chi connectivity index (χ3n) is 4.05. The van der Waals surface area contributed by atoms with Crippen LogP contribution in [0.15, 0.2) is 36.7 Å². The first kappa shape index (κ1) is 20.0. The molecule has 1 unspecified atom stereocenters. The summed E-state index contributed by atoms with van der Waals surface area (Å²) in [6.07, 6.45) is 5.43. The van der Waals surface area contributed by atoms with E-state index in [0.717, 1.165) is 18.4 Å². The number of aryl methyl sites for hydroxylation is 2. The van der Waals surface area contributed by atoms with Crippen molar-refractivity contribution in [3.8, 4) is 0 Å². The normalized spacial score (nSPS) is 12.0. The van der Waals surface area contributed by atoms with Crippen LogP contribution in [0.1, 0.15) is 36.2 Å². The van der Waals surface area contributed by atoms with Crippen LogP contribution in [0, 0.1) is 5.92 Å². The Morgan fingerprint density at radius 2 is 2.00 bits per heavy atom. The molecule has 1 aromatic carbocycles. The van der Waals surface area contributed by atoms with Gasteiger partial charge in [-0.15, -0.1) is 0 Å². The zero-order valence-corrected chi connectivity index (χ0v) is 16.1. The van der Waals surface area contributed by atoms with E-state index in [1.165, 1.54) is 0 Å². The fourth-order valence-corrected chi connectivity index (χ4v) is 2.84. The van der Waals surface area contributed by atoms with Gasteiger partial charge in [-0.25, -0.2) is 0 Å². The average Bonchev–Trinajstić information content (AvgIpc) is 3.01. The molecule has 0 saturated heterocycles. The molecule has 1 heterocycles. The van der Waals surface area contributed by atoms with Crippen LogP contribution in [0.5, 0.6) is 0 Å². The largest absolute Gasteiger partial charge is 0.354 e. The van der Waals surface area contributed by atoms with Gasteiger partial charge in [0.05, 0.1) is 16.8 Å². The number of hydrogen-bond donors (Lipinski definition) is 2. The Balaban J connectivity index is 1.86. The predicted octanol–water partition coefficient (Wildman–Crippen LogP) is 2.58. The van der Waals surface area contributed by atoms with Gasteiger partial charge in [-0.1, -0.05) is 37.6 Å². The molecule has 0 spiro atoms. The highest BCUT2D eigenvalue weighted by molar-refractivity contribution is 6.33. The smallest absolute Gasteiger partial charge is 0.253 e. The first-order valence-electron chi connectivity index (χ1n) is 8.69. The van der Waals surface area contributed by atoms with Gasteiger partial charge >= 0.3 is 0 Å². The Kier molecular flexibility index (Phi) is 7.21. The van der Waals surface area contributed by atoms with Crippen molar-refractivity contribution in [2.75, 3.05) is 6.54 Å². The van der Waals surface area contributed by atoms with E-state index in [-0.39, 0.29) is 17.7 Å². The molecular weight excluding hydrogens is 352 g/mol. The van der Waals surface area contributed by atoms with E-state index < -0.39 is 6.04 Å². The Morgan fingerprint density at radius 1 is 1.27 bits per heavy atom. The molecule has 1 aromatic heterocycles. The fraction of sp³-hybridized carbons (Fsp3) is 0.421. The molecule has 26 heavy (non-hydrogen) atoms. The number of rotatable bonds is 8. The van der Waals surface area contributed by atoms with Crippen LogP contribution in [-0.2, 0) is 18.3 Å². The van der Waals surface area contributed by atoms with Crippen LogP contribution in [0.25, 0.3) is 0 Å². The van der Waals surface area contributed by atoms with Gasteiger partial charge in [-0.05, 0) is 36.5 Å². The third-order valence-corrected chi connectivity index (χ3v) is 4.38. The molecule has 2 aromatic rings. The molecule has 7 heteroatoms. The van der Waals surface area contributed by atoms with Gasteiger partial charge in [0, 0.05) is 19.8 Å². The number of nitrogens with zero attached hydrogens (tertiary/aromatic N) is 2. The molecule has 6 nitrogen and oxygen atoms in total. The van der Waals surface area contributed by atoms with E-state index in [0.29, 0.717) is 17.1 Å². The Bertz CT molecular complexity index is 758. The molecule has 0 aliphatic rings. The lowest BCUT2D eigenvalue weighted by atomic mass is 10.0. The number of aromatic nitrogens is 2. The Morgan fingerprint density at radius 3 is 2.62 bits per heavy atom. The topological polar surface area (TPSA) is 76.0 Å². The molecule has 0 bridgehead atoms. The zero-order chi connectivity index (χ0) is 19.1. The van der Waals surface area contributed by atoms with Crippen LogP contribution < -0.4 is 10.6 Å². The molecule has 0 fully saturated rings. The van der Waals surface area contributed by atoms with E-state index >= 15 is 0 Å². The quantitative estimate of drug-likeness (QED) is 0.695. The summed E-state index contributed by atoms with van der Waals surface area (Å²) in [6.45, 7) is 4.33. The number of carbonyl (C=O) groups is 2. The molecule has 2 N–H and O–H groups in total. The van der Waals surface area contributed by atoms with Crippen LogP contribution in [0.2, 0.25) is 5.02 Å². The van der Waals surface area contributed by atoms with Gasteiger partial charge in [0.25, 0.3) is 5.91 Å². The summed E-state index contributed by atoms with van der Waals surface area (Å²) in [5.74, 6) is -0.578. The molecule has 0 aliphatic carbocycles. The highest BCUT2D eigenvalue weighted by Crippen LogP contribution is 2.15. The van der Waals surface area contributed by atoms with Gasteiger partial charge in [-0.3, -0.25) is 14.3 Å². The minimum atomic E-state index is -0.614. The summed E-state index contributed by atoms with van der Waals surface area (Å²) in [6, 6.07) is 6.18. The maximum atomic E-state index is 12.5. The monoisotopic (exact) mass is 376 g/mol. The minimum Gasteiger partial charge on any atom is -0.354 e. The summed E-state index contributed by atoms with van der Waals surface area (Å²) in [5, 5.41) is 10.2. The van der Waals surface area contributed by atoms with Crippen molar-refractivity contribution < 1.29 is 9.59 Å². The van der Waals surface area contributed by atoms with Crippen molar-refractivity contribution in [3.63, 3.8) is 0 Å². The number of nitrogens with one attached hydrogen (secondary N) is 2. The lowest BCUT2D eigenvalue weighted by Crippen LogP contribution is -2.50. The van der Waals surface area contributed by atoms with E-state index in [1.54, 1.807) is 28.9 Å². The van der Waals surface area contributed by atoms with Crippen molar-refractivity contribution in [1.82, 2.24) is 20.4 Å². The molecule has 0 saturated carbocycles. The summed E-state index contributed by atoms with van der Waals surface area (Å²) >= 11 is 6.06. The predicted molar refractivity (Wildman–Crippen MR) is 102 cm³/mol. The van der Waals surface area contributed by atoms with Gasteiger partial charge in [-0.2, -0.15) is 5.10 Å². The standard InChI is InChI=1S/C19H25ClN4O2/c1-13(2)17(23-18(25)15-8-4-5-9-16(15)20)19(26)21-10-6-7-14-11-22-24(3)12-14/h4-5,8-9,11-13,17H,6-7,10H2,1-3H3,(H,21,26)(H,23,25). The molecule has 1 atom stereocenters. The highest BCUT2D eigenvalue weighted by atomic mass is 35.5. The van der Waals surface area contributed by atoms with Gasteiger partial charge in [0.1, 0.15) is 6.04 Å². The lowest BCUT2D eigenvalue weighted by molar-refractivity contribution is -0.123. The molecule has 2 rings (SSSR count). The van der Waals surface area contributed by atoms with Crippen LogP contribution in [0.3, 0.4) is 0 Å². The zero-order valence-electron chi connectivity index (χ0n) is 15.3. The number of hydrogen-bond acceptors (Lipinski definition) is 3. The summed E-state index contributed by atoms with van der Waals surface area (Å²) in [5.41, 5.74) is 1.50. The van der Waals surface area contributed by atoms with Gasteiger partial charge in [0.2, 0.25) is 5.91 Å². The summed E-state index contributed by atoms with van der Waals surface area (Å²) in [4.78, 5) is 24.9. The molecule has 140 valence electrons. The first-order valence-corrected chi connectivity index (χ1v) is 9.07. The maximum Gasteiger partial charge on any atom is 0.253 e. The first-order chi connectivity index (χ1) is 12.4. The van der Waals surface area contributed by atoms with Crippen molar-refractivity contribution in [2.24, 2.45) is 13.0 Å². The van der Waals surface area contributed by atoms with Crippen molar-refractivity contribution >= 4 is 23.4 Å². The fourth-order valence-electron chi connectivity index (χ4n) is 2.61. The lowest BCUT2D eigenvalue weighted by Gasteiger charge is -2.22. The van der Waals surface area contributed by atoms with Crippen molar-refractivity contribution in [3.05, 3.63) is 52.8 Å². The number of benzene rings is 1. The second-order valence-electron chi connectivity index (χ2n) is 6.59. The minimum absolute atomic E-state index is 0.0419. The van der Waals surface area contributed by atoms with Gasteiger partial charge < -0.3 is 10.6 Å². The third kappa shape index (κ3) is 5.59. The van der Waals surface area contributed by atoms with Crippen LogP contribution in [0.4, 0.5) is 0 Å². The molecule has 2 amide bonds. The average molecular weight is 377 g/mol. The second-order valence-corrected chi connectivity index (χ2v) is 7.00. The van der Waals surface area contributed by atoms with Crippen molar-refractivity contribution in [1.29, 1.82) is 0 Å². The SMILES string of the molecule is CC(C)C(NC(=O)c1ccccc1Cl)C(=O)NCCCc1cnn(C)c1. The number of amides is 2. The maximum absolute atomic E-state index is 12.5. The van der Waals surface area contributed by atoms with E-state index in [9.17, 15) is 9.59 Å². The Hall–Kier alpha value is -2.34. The molecular formula is C19H25ClN4O2. The number of halogens is 1. The number of carbonyl (C=O) groups excluding carboxylic acids is 2. The van der Waals surface area contributed by atoms with Crippen molar-refractivity contribution in [2.45, 2.75) is 32.7 Å². The Labute approximate surface area is 158 Å². The summed E-state index contributed by atoms with van der Waals surface area (Å²) < 4.78 is 1.76. The van der Waals surface area contributed by atoms with E-state index in [4.69, 9.17) is 11.6 Å². The second kappa shape index (κ2) is 9.38. The molecule has 0 aliphatic heterocycles. The van der Waals surface area contributed by atoms with E-state index in [1.807, 2.05) is 33.3 Å². The van der Waals surface area contributed by atoms with E-state index in [2.05, 4.69) is 15.7 Å².